The molecule has 1 rings (SSSR count). The van der Waals surface area contributed by atoms with Crippen LogP contribution >= 0.6 is 0 Å². The van der Waals surface area contributed by atoms with Crippen LogP contribution in [0.1, 0.15) is 24.5 Å². The minimum absolute atomic E-state index is 0.0302. The van der Waals surface area contributed by atoms with Crippen LogP contribution in [0.3, 0.4) is 0 Å². The van der Waals surface area contributed by atoms with Crippen LogP contribution in [-0.2, 0) is 17.5 Å². The van der Waals surface area contributed by atoms with Crippen LogP contribution in [0.25, 0.3) is 0 Å². The van der Waals surface area contributed by atoms with Crippen molar-refractivity contribution in [2.75, 3.05) is 13.7 Å². The Balaban J connectivity index is 2.76. The van der Waals surface area contributed by atoms with Crippen molar-refractivity contribution in [2.24, 2.45) is 0 Å². The van der Waals surface area contributed by atoms with Gasteiger partial charge in [-0.1, -0.05) is 6.92 Å². The van der Waals surface area contributed by atoms with Gasteiger partial charge in [-0.15, -0.1) is 0 Å². The maximum absolute atomic E-state index is 13.2. The third-order valence-corrected chi connectivity index (χ3v) is 2.74. The summed E-state index contributed by atoms with van der Waals surface area (Å²) >= 11 is 0. The van der Waals surface area contributed by atoms with Crippen LogP contribution in [0.4, 0.5) is 17.6 Å². The highest BCUT2D eigenvalue weighted by Crippen LogP contribution is 2.30. The van der Waals surface area contributed by atoms with E-state index in [0.29, 0.717) is 12.7 Å². The van der Waals surface area contributed by atoms with Crippen LogP contribution in [0.5, 0.6) is 0 Å². The van der Waals surface area contributed by atoms with E-state index in [1.165, 1.54) is 0 Å². The van der Waals surface area contributed by atoms with Crippen molar-refractivity contribution in [1.82, 2.24) is 5.32 Å². The van der Waals surface area contributed by atoms with Gasteiger partial charge < -0.3 is 10.1 Å². The lowest BCUT2D eigenvalue weighted by Gasteiger charge is -2.16. The van der Waals surface area contributed by atoms with Gasteiger partial charge >= 0.3 is 6.18 Å². The summed E-state index contributed by atoms with van der Waals surface area (Å²) in [6.45, 7) is 2.56. The summed E-state index contributed by atoms with van der Waals surface area (Å²) in [6, 6.07) is 2.58. The van der Waals surface area contributed by atoms with Gasteiger partial charge in [0.2, 0.25) is 0 Å². The Kier molecular flexibility index (Phi) is 5.75. The van der Waals surface area contributed by atoms with E-state index in [9.17, 15) is 17.6 Å². The molecule has 108 valence electrons. The van der Waals surface area contributed by atoms with E-state index < -0.39 is 17.6 Å². The predicted molar refractivity (Wildman–Crippen MR) is 64.2 cm³/mol. The Morgan fingerprint density at radius 2 is 1.95 bits per heavy atom. The largest absolute Gasteiger partial charge is 0.416 e. The van der Waals surface area contributed by atoms with E-state index in [0.717, 1.165) is 18.6 Å². The highest BCUT2D eigenvalue weighted by Gasteiger charge is 2.31. The maximum Gasteiger partial charge on any atom is 0.416 e. The fraction of sp³-hybridized carbons (Fsp3) is 0.538. The van der Waals surface area contributed by atoms with Gasteiger partial charge in [0.25, 0.3) is 0 Å². The molecule has 19 heavy (non-hydrogen) atoms. The minimum Gasteiger partial charge on any atom is -0.383 e. The van der Waals surface area contributed by atoms with E-state index in [1.54, 1.807) is 7.11 Å². The second-order valence-corrected chi connectivity index (χ2v) is 4.29. The average Bonchev–Trinajstić information content (AvgIpc) is 2.32. The standard InChI is InChI=1S/C13H17F4NO/c1-3-12(8-19-2)18-7-9-4-10(13(15,16)17)6-11(14)5-9/h4-6,12,18H,3,7-8H2,1-2H3. The summed E-state index contributed by atoms with van der Waals surface area (Å²) in [5.41, 5.74) is -0.703. The van der Waals surface area contributed by atoms with Crippen LogP contribution in [0, 0.1) is 5.82 Å². The topological polar surface area (TPSA) is 21.3 Å². The number of halogens is 4. The molecule has 1 aromatic carbocycles. The molecule has 0 saturated carbocycles. The zero-order chi connectivity index (χ0) is 14.5. The van der Waals surface area contributed by atoms with Gasteiger partial charge in [0, 0.05) is 19.7 Å². The summed E-state index contributed by atoms with van der Waals surface area (Å²) in [6.07, 6.45) is -3.76. The second-order valence-electron chi connectivity index (χ2n) is 4.29. The molecule has 0 radical (unpaired) electrons. The lowest BCUT2D eigenvalue weighted by atomic mass is 10.1. The van der Waals surface area contributed by atoms with Gasteiger partial charge in [-0.05, 0) is 30.2 Å². The number of hydrogen-bond donors (Lipinski definition) is 1. The molecule has 1 aromatic rings. The molecule has 0 heterocycles. The zero-order valence-electron chi connectivity index (χ0n) is 10.9. The van der Waals surface area contributed by atoms with Gasteiger partial charge in [-0.25, -0.2) is 4.39 Å². The molecule has 0 amide bonds. The summed E-state index contributed by atoms with van der Waals surface area (Å²) in [7, 11) is 1.55. The molecule has 6 heteroatoms. The van der Waals surface area contributed by atoms with Crippen molar-refractivity contribution >= 4 is 0 Å². The second kappa shape index (κ2) is 6.86. The molecule has 0 aliphatic rings. The number of rotatable bonds is 6. The number of alkyl halides is 3. The Hall–Kier alpha value is -1.14. The molecule has 0 aliphatic heterocycles. The molecule has 0 bridgehead atoms. The number of methoxy groups -OCH3 is 1. The van der Waals surface area contributed by atoms with Gasteiger partial charge in [-0.2, -0.15) is 13.2 Å². The smallest absolute Gasteiger partial charge is 0.383 e. The first-order chi connectivity index (χ1) is 8.86. The predicted octanol–water partition coefficient (Wildman–Crippen LogP) is 3.36. The fourth-order valence-electron chi connectivity index (χ4n) is 1.70. The lowest BCUT2D eigenvalue weighted by Crippen LogP contribution is -2.32. The van der Waals surface area contributed by atoms with Crippen molar-refractivity contribution in [3.8, 4) is 0 Å². The highest BCUT2D eigenvalue weighted by atomic mass is 19.4. The number of hydrogen-bond acceptors (Lipinski definition) is 2. The molecule has 0 saturated heterocycles. The third-order valence-electron chi connectivity index (χ3n) is 2.74. The number of nitrogens with one attached hydrogen (secondary N) is 1. The van der Waals surface area contributed by atoms with E-state index in [4.69, 9.17) is 4.74 Å². The van der Waals surface area contributed by atoms with Crippen molar-refractivity contribution in [1.29, 1.82) is 0 Å². The molecule has 0 aliphatic carbocycles. The number of ether oxygens (including phenoxy) is 1. The Morgan fingerprint density at radius 3 is 2.47 bits per heavy atom. The van der Waals surface area contributed by atoms with Crippen LogP contribution in [-0.4, -0.2) is 19.8 Å². The maximum atomic E-state index is 13.2. The van der Waals surface area contributed by atoms with Crippen molar-refractivity contribution in [3.63, 3.8) is 0 Å². The molecule has 0 fully saturated rings. The molecular formula is C13H17F4NO. The van der Waals surface area contributed by atoms with Crippen LogP contribution < -0.4 is 5.32 Å². The molecule has 1 N–H and O–H groups in total. The monoisotopic (exact) mass is 279 g/mol. The Labute approximate surface area is 109 Å². The molecule has 0 aromatic heterocycles. The molecule has 1 unspecified atom stereocenters. The first-order valence-electron chi connectivity index (χ1n) is 5.95. The molecule has 1 atom stereocenters. The van der Waals surface area contributed by atoms with E-state index in [2.05, 4.69) is 5.32 Å². The van der Waals surface area contributed by atoms with Gasteiger partial charge in [0.15, 0.2) is 0 Å². The first-order valence-corrected chi connectivity index (χ1v) is 5.95. The summed E-state index contributed by atoms with van der Waals surface area (Å²) in [5.74, 6) is -0.883. The van der Waals surface area contributed by atoms with Crippen molar-refractivity contribution < 1.29 is 22.3 Å². The highest BCUT2D eigenvalue weighted by molar-refractivity contribution is 5.26. The third kappa shape index (κ3) is 5.16. The number of benzene rings is 1. The minimum atomic E-state index is -4.53. The van der Waals surface area contributed by atoms with Crippen LogP contribution in [0.15, 0.2) is 18.2 Å². The summed E-state index contributed by atoms with van der Waals surface area (Å²) in [4.78, 5) is 0. The van der Waals surface area contributed by atoms with E-state index in [-0.39, 0.29) is 18.2 Å². The normalized spacial score (nSPS) is 13.6. The van der Waals surface area contributed by atoms with Gasteiger partial charge in [0.1, 0.15) is 5.82 Å². The first kappa shape index (κ1) is 15.9. The Morgan fingerprint density at radius 1 is 1.26 bits per heavy atom. The van der Waals surface area contributed by atoms with Crippen molar-refractivity contribution in [2.45, 2.75) is 32.1 Å². The van der Waals surface area contributed by atoms with Crippen LogP contribution in [0.2, 0.25) is 0 Å². The van der Waals surface area contributed by atoms with Crippen molar-refractivity contribution in [3.05, 3.63) is 35.1 Å². The quantitative estimate of drug-likeness (QED) is 0.806. The Bertz CT molecular complexity index is 406. The van der Waals surface area contributed by atoms with E-state index >= 15 is 0 Å². The zero-order valence-corrected chi connectivity index (χ0v) is 10.9. The SMILES string of the molecule is CCC(COC)NCc1cc(F)cc(C(F)(F)F)c1. The van der Waals surface area contributed by atoms with Gasteiger partial charge in [0.05, 0.1) is 12.2 Å². The van der Waals surface area contributed by atoms with E-state index in [1.807, 2.05) is 6.92 Å². The fourth-order valence-corrected chi connectivity index (χ4v) is 1.70. The molecule has 0 spiro atoms. The van der Waals surface area contributed by atoms with Gasteiger partial charge in [-0.3, -0.25) is 0 Å². The summed E-state index contributed by atoms with van der Waals surface area (Å²) in [5, 5.41) is 3.03. The molecular weight excluding hydrogens is 262 g/mol. The summed E-state index contributed by atoms with van der Waals surface area (Å²) < 4.78 is 55.7. The molecule has 2 nitrogen and oxygen atoms in total. The lowest BCUT2D eigenvalue weighted by molar-refractivity contribution is -0.137. The average molecular weight is 279 g/mol.